The van der Waals surface area contributed by atoms with E-state index in [9.17, 15) is 19.5 Å². The van der Waals surface area contributed by atoms with Crippen molar-refractivity contribution in [3.05, 3.63) is 53.6 Å². The lowest BCUT2D eigenvalue weighted by Gasteiger charge is -2.38. The topological polar surface area (TPSA) is 117 Å². The molecule has 9 nitrogen and oxygen atoms in total. The zero-order valence-electron chi connectivity index (χ0n) is 22.9. The summed E-state index contributed by atoms with van der Waals surface area (Å²) < 4.78 is 12.0. The maximum atomic E-state index is 14.2. The van der Waals surface area contributed by atoms with Crippen molar-refractivity contribution in [3.63, 3.8) is 0 Å². The van der Waals surface area contributed by atoms with Gasteiger partial charge in [-0.05, 0) is 62.1 Å². The number of anilines is 2. The van der Waals surface area contributed by atoms with Gasteiger partial charge in [-0.15, -0.1) is 0 Å². The van der Waals surface area contributed by atoms with Crippen molar-refractivity contribution >= 4 is 40.7 Å². The van der Waals surface area contributed by atoms with E-state index in [1.54, 1.807) is 48.5 Å². The number of halogens is 1. The van der Waals surface area contributed by atoms with Gasteiger partial charge < -0.3 is 30.1 Å². The van der Waals surface area contributed by atoms with Crippen LogP contribution in [0.2, 0.25) is 5.02 Å². The number of aliphatic hydroxyl groups excluding tert-OH is 1. The lowest BCUT2D eigenvalue weighted by molar-refractivity contribution is -0.144. The third-order valence-corrected chi connectivity index (χ3v) is 9.03. The van der Waals surface area contributed by atoms with Gasteiger partial charge in [-0.1, -0.05) is 44.0 Å². The summed E-state index contributed by atoms with van der Waals surface area (Å²) in [6.45, 7) is 6.03. The fraction of sp³-hybridized carbons (Fsp3) is 0.500. The number of ether oxygens (including phenoxy) is 2. The maximum Gasteiger partial charge on any atom is 0.250 e. The number of amides is 3. The Morgan fingerprint density at radius 2 is 1.88 bits per heavy atom. The monoisotopic (exact) mass is 569 g/mol. The molecular weight excluding hydrogens is 534 g/mol. The minimum absolute atomic E-state index is 0.0897. The van der Waals surface area contributed by atoms with E-state index in [1.807, 2.05) is 20.8 Å². The highest BCUT2D eigenvalue weighted by Crippen LogP contribution is 2.59. The Bertz CT molecular complexity index is 1270. The van der Waals surface area contributed by atoms with Gasteiger partial charge in [0, 0.05) is 5.69 Å². The number of benzene rings is 2. The second-order valence-corrected chi connectivity index (χ2v) is 11.3. The quantitative estimate of drug-likeness (QED) is 0.397. The Balaban J connectivity index is 1.48. The Labute approximate surface area is 239 Å². The molecule has 3 aliphatic heterocycles. The highest BCUT2D eigenvalue weighted by molar-refractivity contribution is 6.33. The smallest absolute Gasteiger partial charge is 0.250 e. The van der Waals surface area contributed by atoms with Crippen LogP contribution in [0.25, 0.3) is 0 Å². The Kier molecular flexibility index (Phi) is 8.08. The largest absolute Gasteiger partial charge is 0.494 e. The molecule has 2 aromatic rings. The zero-order valence-corrected chi connectivity index (χ0v) is 23.7. The number of hydrogen-bond donors (Lipinski definition) is 3. The molecule has 3 fully saturated rings. The number of nitrogens with zero attached hydrogens (tertiary/aromatic N) is 1. The predicted molar refractivity (Wildman–Crippen MR) is 151 cm³/mol. The first-order valence-electron chi connectivity index (χ1n) is 14.0. The van der Waals surface area contributed by atoms with Crippen LogP contribution in [0.15, 0.2) is 48.5 Å². The standard InChI is InChI=1S/C30H36ClN3O6/c1-4-17(3)22(16-35)34-26(28(37)33-21-9-7-6-8-20(21)31)30-15-14-23(40-30)24(25(30)29(34)38)27(36)32-18-10-12-19(13-11-18)39-5-2/h6-13,17,22-26,35H,4-5,14-16H2,1-3H3,(H,32,36)(H,33,37)/t17-,22-,23-,24+,25-,26?,30?/m0/s1. The number of likely N-dealkylation sites (tertiary alicyclic amines) is 1. The SMILES string of the molecule is CCOc1ccc(NC(=O)[C@@H]2[C@@H]3CCC4(O3)C(C(=O)Nc3ccccc3Cl)N([C@@H](CO)[C@@H](C)CC)C(=O)[C@H]24)cc1. The van der Waals surface area contributed by atoms with Crippen LogP contribution in [0.3, 0.4) is 0 Å². The number of rotatable bonds is 10. The van der Waals surface area contributed by atoms with Crippen LogP contribution in [-0.4, -0.2) is 64.7 Å². The van der Waals surface area contributed by atoms with Gasteiger partial charge in [-0.3, -0.25) is 14.4 Å². The van der Waals surface area contributed by atoms with Crippen LogP contribution >= 0.6 is 11.6 Å². The van der Waals surface area contributed by atoms with Crippen LogP contribution < -0.4 is 15.4 Å². The van der Waals surface area contributed by atoms with E-state index in [-0.39, 0.29) is 24.3 Å². The Morgan fingerprint density at radius 1 is 1.15 bits per heavy atom. The molecule has 3 N–H and O–H groups in total. The third kappa shape index (κ3) is 4.74. The van der Waals surface area contributed by atoms with E-state index in [1.165, 1.54) is 4.90 Å². The fourth-order valence-electron chi connectivity index (χ4n) is 6.65. The lowest BCUT2D eigenvalue weighted by atomic mass is 9.70. The molecule has 0 radical (unpaired) electrons. The van der Waals surface area contributed by atoms with Crippen molar-refractivity contribution in [2.24, 2.45) is 17.8 Å². The molecule has 40 heavy (non-hydrogen) atoms. The van der Waals surface area contributed by atoms with Crippen molar-refractivity contribution in [2.45, 2.75) is 63.8 Å². The van der Waals surface area contributed by atoms with Gasteiger partial charge in [0.2, 0.25) is 17.7 Å². The maximum absolute atomic E-state index is 14.2. The van der Waals surface area contributed by atoms with E-state index >= 15 is 0 Å². The van der Waals surface area contributed by atoms with Crippen LogP contribution in [0.1, 0.15) is 40.0 Å². The number of carbonyl (C=O) groups excluding carboxylic acids is 3. The highest BCUT2D eigenvalue weighted by atomic mass is 35.5. The van der Waals surface area contributed by atoms with Gasteiger partial charge in [0.1, 0.15) is 17.4 Å². The van der Waals surface area contributed by atoms with Crippen LogP contribution in [0.4, 0.5) is 11.4 Å². The van der Waals surface area contributed by atoms with Crippen LogP contribution in [-0.2, 0) is 19.1 Å². The molecule has 2 aromatic carbocycles. The third-order valence-electron chi connectivity index (χ3n) is 8.70. The molecule has 3 aliphatic rings. The summed E-state index contributed by atoms with van der Waals surface area (Å²) in [4.78, 5) is 43.4. The van der Waals surface area contributed by atoms with Crippen molar-refractivity contribution < 1.29 is 29.0 Å². The molecule has 7 atom stereocenters. The first kappa shape index (κ1) is 28.4. The summed E-state index contributed by atoms with van der Waals surface area (Å²) in [5.74, 6) is -2.14. The molecule has 3 amide bonds. The molecule has 1 spiro atoms. The van der Waals surface area contributed by atoms with Crippen molar-refractivity contribution in [2.75, 3.05) is 23.8 Å². The van der Waals surface area contributed by atoms with Gasteiger partial charge in [-0.25, -0.2) is 0 Å². The molecule has 10 heteroatoms. The molecule has 214 valence electrons. The van der Waals surface area contributed by atoms with E-state index < -0.39 is 41.5 Å². The van der Waals surface area contributed by atoms with Crippen molar-refractivity contribution in [1.29, 1.82) is 0 Å². The summed E-state index contributed by atoms with van der Waals surface area (Å²) in [7, 11) is 0. The summed E-state index contributed by atoms with van der Waals surface area (Å²) in [5, 5.41) is 16.6. The minimum atomic E-state index is -1.19. The first-order valence-corrected chi connectivity index (χ1v) is 14.3. The summed E-state index contributed by atoms with van der Waals surface area (Å²) in [6, 6.07) is 12.3. The lowest BCUT2D eigenvalue weighted by Crippen LogP contribution is -2.57. The second-order valence-electron chi connectivity index (χ2n) is 10.9. The number of carbonyl (C=O) groups is 3. The molecular formula is C30H36ClN3O6. The van der Waals surface area contributed by atoms with Crippen LogP contribution in [0, 0.1) is 17.8 Å². The van der Waals surface area contributed by atoms with E-state index in [0.29, 0.717) is 48.0 Å². The minimum Gasteiger partial charge on any atom is -0.494 e. The molecule has 5 rings (SSSR count). The first-order chi connectivity index (χ1) is 19.2. The number of nitrogens with one attached hydrogen (secondary N) is 2. The Hall–Kier alpha value is -3.14. The number of aliphatic hydroxyl groups is 1. The van der Waals surface area contributed by atoms with E-state index in [4.69, 9.17) is 21.1 Å². The molecule has 0 saturated carbocycles. The second kappa shape index (κ2) is 11.4. The number of para-hydroxylation sites is 1. The number of hydrogen-bond acceptors (Lipinski definition) is 6. The van der Waals surface area contributed by atoms with Gasteiger partial charge in [-0.2, -0.15) is 0 Å². The van der Waals surface area contributed by atoms with Gasteiger partial charge >= 0.3 is 0 Å². The molecule has 3 saturated heterocycles. The average Bonchev–Trinajstić information content (AvgIpc) is 3.59. The van der Waals surface area contributed by atoms with Gasteiger partial charge in [0.25, 0.3) is 0 Å². The molecule has 0 aromatic heterocycles. The molecule has 2 bridgehead atoms. The highest BCUT2D eigenvalue weighted by Gasteiger charge is 2.75. The van der Waals surface area contributed by atoms with Gasteiger partial charge in [0.05, 0.1) is 47.9 Å². The summed E-state index contributed by atoms with van der Waals surface area (Å²) >= 11 is 6.33. The number of fused-ring (bicyclic) bond motifs is 1. The van der Waals surface area contributed by atoms with Gasteiger partial charge in [0.15, 0.2) is 0 Å². The van der Waals surface area contributed by atoms with Crippen LogP contribution in [0.5, 0.6) is 5.75 Å². The van der Waals surface area contributed by atoms with E-state index in [2.05, 4.69) is 10.6 Å². The fourth-order valence-corrected chi connectivity index (χ4v) is 6.84. The summed E-state index contributed by atoms with van der Waals surface area (Å²) in [5.41, 5.74) is -0.189. The molecule has 2 unspecified atom stereocenters. The normalized spacial score (nSPS) is 28.2. The average molecular weight is 570 g/mol. The van der Waals surface area contributed by atoms with Crippen molar-refractivity contribution in [3.8, 4) is 5.75 Å². The molecule has 3 heterocycles. The zero-order chi connectivity index (χ0) is 28.6. The molecule has 0 aliphatic carbocycles. The summed E-state index contributed by atoms with van der Waals surface area (Å²) in [6.07, 6.45) is 1.19. The van der Waals surface area contributed by atoms with E-state index in [0.717, 1.165) is 0 Å². The van der Waals surface area contributed by atoms with Crippen molar-refractivity contribution in [1.82, 2.24) is 4.90 Å². The predicted octanol–water partition coefficient (Wildman–Crippen LogP) is 4.10. The Morgan fingerprint density at radius 3 is 2.52 bits per heavy atom.